The van der Waals surface area contributed by atoms with E-state index >= 15 is 0 Å². The molecule has 1 aliphatic rings. The molecule has 0 atom stereocenters. The van der Waals surface area contributed by atoms with Crippen molar-refractivity contribution in [3.63, 3.8) is 0 Å². The minimum absolute atomic E-state index is 0.0236. The molecule has 1 saturated carbocycles. The van der Waals surface area contributed by atoms with Crippen molar-refractivity contribution in [3.8, 4) is 0 Å². The molecule has 0 spiro atoms. The van der Waals surface area contributed by atoms with Crippen LogP contribution in [0.4, 0.5) is 0 Å². The summed E-state index contributed by atoms with van der Waals surface area (Å²) in [5, 5.41) is 0. The molecule has 0 amide bonds. The quantitative estimate of drug-likeness (QED) is 0.374. The maximum Gasteiger partial charge on any atom is 0.296 e. The number of hydrogen-bond donors (Lipinski definition) is 0. The van der Waals surface area contributed by atoms with E-state index in [2.05, 4.69) is 0 Å². The Hall–Kier alpha value is -1.82. The van der Waals surface area contributed by atoms with Crippen LogP contribution in [0.15, 0.2) is 58.3 Å². The SMILES string of the molecule is COC1(OC)CC(COS(=O)(=O)c2ccc(C)cc2)(COS(=O)(=O)c2ccc(C)cc2)C1. The molecule has 1 aliphatic carbocycles. The Morgan fingerprint density at radius 1 is 0.688 bits per heavy atom. The Labute approximate surface area is 189 Å². The predicted molar refractivity (Wildman–Crippen MR) is 117 cm³/mol. The van der Waals surface area contributed by atoms with E-state index in [-0.39, 0.29) is 35.8 Å². The molecular weight excluding hydrogens is 456 g/mol. The number of hydrogen-bond acceptors (Lipinski definition) is 8. The third-order valence-electron chi connectivity index (χ3n) is 5.69. The van der Waals surface area contributed by atoms with Crippen molar-refractivity contribution in [2.75, 3.05) is 27.4 Å². The minimum Gasteiger partial charge on any atom is -0.353 e. The van der Waals surface area contributed by atoms with Gasteiger partial charge in [-0.25, -0.2) is 0 Å². The molecule has 8 nitrogen and oxygen atoms in total. The molecule has 0 N–H and O–H groups in total. The summed E-state index contributed by atoms with van der Waals surface area (Å²) in [7, 11) is -5.12. The molecule has 32 heavy (non-hydrogen) atoms. The molecule has 0 radical (unpaired) electrons. The maximum absolute atomic E-state index is 12.6. The lowest BCUT2D eigenvalue weighted by molar-refractivity contribution is -0.305. The Morgan fingerprint density at radius 2 is 1.03 bits per heavy atom. The van der Waals surface area contributed by atoms with E-state index in [0.717, 1.165) is 11.1 Å². The molecule has 0 heterocycles. The zero-order valence-corrected chi connectivity index (χ0v) is 20.2. The van der Waals surface area contributed by atoms with Gasteiger partial charge in [0, 0.05) is 32.5 Å². The summed E-state index contributed by atoms with van der Waals surface area (Å²) in [5.74, 6) is -0.950. The fourth-order valence-electron chi connectivity index (χ4n) is 3.66. The van der Waals surface area contributed by atoms with Gasteiger partial charge in [0.05, 0.1) is 23.0 Å². The van der Waals surface area contributed by atoms with Crippen LogP contribution in [-0.4, -0.2) is 50.1 Å². The van der Waals surface area contributed by atoms with Gasteiger partial charge in [-0.05, 0) is 38.1 Å². The zero-order chi connectivity index (χ0) is 23.6. The zero-order valence-electron chi connectivity index (χ0n) is 18.5. The van der Waals surface area contributed by atoms with Gasteiger partial charge in [-0.1, -0.05) is 35.4 Å². The molecule has 0 aromatic heterocycles. The molecule has 0 aliphatic heterocycles. The van der Waals surface area contributed by atoms with Gasteiger partial charge in [-0.3, -0.25) is 8.37 Å². The number of ether oxygens (including phenoxy) is 2. The van der Waals surface area contributed by atoms with Gasteiger partial charge in [0.25, 0.3) is 20.2 Å². The highest BCUT2D eigenvalue weighted by Crippen LogP contribution is 2.52. The van der Waals surface area contributed by atoms with Crippen LogP contribution >= 0.6 is 0 Å². The second kappa shape index (κ2) is 9.20. The Balaban J connectivity index is 1.76. The van der Waals surface area contributed by atoms with Crippen molar-refractivity contribution < 1.29 is 34.7 Å². The number of methoxy groups -OCH3 is 2. The second-order valence-electron chi connectivity index (χ2n) is 8.23. The Bertz CT molecular complexity index is 1040. The summed E-state index contributed by atoms with van der Waals surface area (Å²) in [4.78, 5) is 0.0473. The molecule has 0 saturated heterocycles. The van der Waals surface area contributed by atoms with Gasteiger partial charge < -0.3 is 9.47 Å². The smallest absolute Gasteiger partial charge is 0.296 e. The Morgan fingerprint density at radius 3 is 1.34 bits per heavy atom. The average Bonchev–Trinajstić information content (AvgIpc) is 2.73. The lowest BCUT2D eigenvalue weighted by Gasteiger charge is -2.53. The average molecular weight is 485 g/mol. The van der Waals surface area contributed by atoms with Crippen LogP contribution in [0.25, 0.3) is 0 Å². The lowest BCUT2D eigenvalue weighted by Crippen LogP contribution is -2.58. The van der Waals surface area contributed by atoms with Gasteiger partial charge in [-0.2, -0.15) is 16.8 Å². The van der Waals surface area contributed by atoms with Crippen molar-refractivity contribution in [2.45, 2.75) is 42.3 Å². The molecule has 0 bridgehead atoms. The van der Waals surface area contributed by atoms with Gasteiger partial charge in [0.2, 0.25) is 0 Å². The first-order valence-corrected chi connectivity index (χ1v) is 12.8. The minimum atomic E-state index is -4.03. The van der Waals surface area contributed by atoms with Crippen LogP contribution in [0.1, 0.15) is 24.0 Å². The van der Waals surface area contributed by atoms with Crippen LogP contribution in [0.5, 0.6) is 0 Å². The molecule has 2 aromatic rings. The van der Waals surface area contributed by atoms with E-state index < -0.39 is 31.4 Å². The van der Waals surface area contributed by atoms with E-state index in [1.54, 1.807) is 24.3 Å². The summed E-state index contributed by atoms with van der Waals surface area (Å²) in [5.41, 5.74) is 0.903. The van der Waals surface area contributed by atoms with E-state index in [1.165, 1.54) is 38.5 Å². The standard InChI is InChI=1S/C22H28O8S2/c1-17-5-9-19(10-6-17)31(23,24)29-15-21(13-22(14-21,27-3)28-4)16-30-32(25,26)20-11-7-18(2)8-12-20/h5-12H,13-16H2,1-4H3. The van der Waals surface area contributed by atoms with E-state index in [1.807, 2.05) is 13.8 Å². The van der Waals surface area contributed by atoms with Crippen molar-refractivity contribution in [1.29, 1.82) is 0 Å². The number of aryl methyl sites for hydroxylation is 2. The Kier molecular flexibility index (Phi) is 7.14. The normalized spacial score (nSPS) is 17.6. The first kappa shape index (κ1) is 24.8. The molecule has 2 aromatic carbocycles. The van der Waals surface area contributed by atoms with E-state index in [4.69, 9.17) is 17.8 Å². The van der Waals surface area contributed by atoms with Gasteiger partial charge in [0.15, 0.2) is 5.79 Å². The first-order chi connectivity index (χ1) is 14.9. The molecule has 0 unspecified atom stereocenters. The number of benzene rings is 2. The third-order valence-corrected chi connectivity index (χ3v) is 8.25. The molecule has 3 rings (SSSR count). The van der Waals surface area contributed by atoms with Crippen LogP contribution in [0.3, 0.4) is 0 Å². The van der Waals surface area contributed by atoms with Gasteiger partial charge >= 0.3 is 0 Å². The summed E-state index contributed by atoms with van der Waals surface area (Å²) >= 11 is 0. The van der Waals surface area contributed by atoms with Crippen molar-refractivity contribution in [2.24, 2.45) is 5.41 Å². The van der Waals surface area contributed by atoms with Crippen molar-refractivity contribution >= 4 is 20.2 Å². The van der Waals surface area contributed by atoms with Gasteiger partial charge in [0.1, 0.15) is 0 Å². The predicted octanol–water partition coefficient (Wildman–Crippen LogP) is 3.18. The highest BCUT2D eigenvalue weighted by molar-refractivity contribution is 7.87. The lowest BCUT2D eigenvalue weighted by atomic mass is 9.65. The monoisotopic (exact) mass is 484 g/mol. The molecular formula is C22H28O8S2. The fourth-order valence-corrected chi connectivity index (χ4v) is 5.68. The molecule has 10 heteroatoms. The highest BCUT2D eigenvalue weighted by atomic mass is 32.2. The summed E-state index contributed by atoms with van der Waals surface area (Å²) in [6, 6.07) is 12.5. The van der Waals surface area contributed by atoms with Crippen LogP contribution < -0.4 is 0 Å². The highest BCUT2D eigenvalue weighted by Gasteiger charge is 2.57. The second-order valence-corrected chi connectivity index (χ2v) is 11.5. The molecule has 1 fully saturated rings. The summed E-state index contributed by atoms with van der Waals surface area (Å²) in [6.45, 7) is 3.14. The third kappa shape index (κ3) is 5.38. The topological polar surface area (TPSA) is 105 Å². The maximum atomic E-state index is 12.6. The van der Waals surface area contributed by atoms with Gasteiger partial charge in [-0.15, -0.1) is 0 Å². The van der Waals surface area contributed by atoms with Crippen LogP contribution in [0.2, 0.25) is 0 Å². The number of rotatable bonds is 10. The van der Waals surface area contributed by atoms with E-state index in [0.29, 0.717) is 0 Å². The largest absolute Gasteiger partial charge is 0.353 e. The molecule has 176 valence electrons. The van der Waals surface area contributed by atoms with Crippen molar-refractivity contribution in [1.82, 2.24) is 0 Å². The summed E-state index contributed by atoms with van der Waals surface area (Å²) < 4.78 is 72.0. The fraction of sp³-hybridized carbons (Fsp3) is 0.455. The van der Waals surface area contributed by atoms with Crippen molar-refractivity contribution in [3.05, 3.63) is 59.7 Å². The van der Waals surface area contributed by atoms with Crippen LogP contribution in [-0.2, 0) is 38.1 Å². The van der Waals surface area contributed by atoms with E-state index in [9.17, 15) is 16.8 Å². The summed E-state index contributed by atoms with van der Waals surface area (Å²) in [6.07, 6.45) is 0.416. The first-order valence-electron chi connectivity index (χ1n) is 9.97. The van der Waals surface area contributed by atoms with Crippen LogP contribution in [0, 0.1) is 19.3 Å².